The van der Waals surface area contributed by atoms with E-state index in [9.17, 15) is 13.2 Å². The third-order valence-electron chi connectivity index (χ3n) is 4.90. The molecule has 0 bridgehead atoms. The van der Waals surface area contributed by atoms with Gasteiger partial charge in [-0.05, 0) is 44.0 Å². The predicted octanol–water partition coefficient (Wildman–Crippen LogP) is 4.76. The van der Waals surface area contributed by atoms with E-state index in [-0.39, 0.29) is 17.8 Å². The molecule has 8 heteroatoms. The summed E-state index contributed by atoms with van der Waals surface area (Å²) in [4.78, 5) is 4.92. The molecule has 0 spiro atoms. The van der Waals surface area contributed by atoms with Gasteiger partial charge < -0.3 is 4.74 Å². The molecule has 0 amide bonds. The van der Waals surface area contributed by atoms with Crippen LogP contribution in [0.4, 0.5) is 13.2 Å². The lowest BCUT2D eigenvalue weighted by atomic mass is 9.68. The topological polar surface area (TPSA) is 39.4 Å². The summed E-state index contributed by atoms with van der Waals surface area (Å²) >= 11 is 1.04. The van der Waals surface area contributed by atoms with E-state index in [1.54, 1.807) is 11.6 Å². The quantitative estimate of drug-likeness (QED) is 0.670. The molecule has 0 atom stereocenters. The second kappa shape index (κ2) is 5.45. The number of fused-ring (bicyclic) bond motifs is 1. The van der Waals surface area contributed by atoms with Gasteiger partial charge >= 0.3 is 6.18 Å². The Labute approximate surface area is 146 Å². The summed E-state index contributed by atoms with van der Waals surface area (Å²) in [6, 6.07) is 7.34. The van der Waals surface area contributed by atoms with Gasteiger partial charge in [-0.25, -0.2) is 9.50 Å². The maximum absolute atomic E-state index is 13.6. The van der Waals surface area contributed by atoms with E-state index in [1.807, 2.05) is 31.2 Å². The molecular weight excluding hydrogens is 351 g/mol. The lowest BCUT2D eigenvalue weighted by Crippen LogP contribution is -2.48. The maximum Gasteiger partial charge on any atom is 0.400 e. The van der Waals surface area contributed by atoms with E-state index in [0.717, 1.165) is 28.3 Å². The standard InChI is InChI=1S/C17H16F3N3OS/c1-10-13(11-4-6-12(24-2)7-5-11)23-15(21-10)25-14(22-23)16(8-3-9-16)17(18,19)20/h4-7H,3,8-9H2,1-2H3. The molecule has 0 radical (unpaired) electrons. The van der Waals surface area contributed by atoms with Crippen molar-refractivity contribution in [3.05, 3.63) is 35.0 Å². The second-order valence-electron chi connectivity index (χ2n) is 6.31. The molecule has 2 aromatic heterocycles. The van der Waals surface area contributed by atoms with Crippen LogP contribution in [0.5, 0.6) is 5.75 Å². The van der Waals surface area contributed by atoms with Crippen molar-refractivity contribution in [2.75, 3.05) is 7.11 Å². The highest BCUT2D eigenvalue weighted by molar-refractivity contribution is 7.16. The normalized spacial score (nSPS) is 16.8. The minimum atomic E-state index is -4.28. The molecule has 25 heavy (non-hydrogen) atoms. The Morgan fingerprint density at radius 1 is 1.20 bits per heavy atom. The number of aryl methyl sites for hydroxylation is 1. The largest absolute Gasteiger partial charge is 0.497 e. The van der Waals surface area contributed by atoms with Gasteiger partial charge in [0.15, 0.2) is 0 Å². The van der Waals surface area contributed by atoms with E-state index < -0.39 is 11.6 Å². The first-order valence-corrected chi connectivity index (χ1v) is 8.75. The Kier molecular flexibility index (Phi) is 3.57. The molecule has 132 valence electrons. The van der Waals surface area contributed by atoms with Crippen LogP contribution in [-0.4, -0.2) is 27.9 Å². The van der Waals surface area contributed by atoms with Crippen LogP contribution < -0.4 is 4.74 Å². The Balaban J connectivity index is 1.84. The summed E-state index contributed by atoms with van der Waals surface area (Å²) in [5.74, 6) is 0.714. The molecule has 4 rings (SSSR count). The van der Waals surface area contributed by atoms with Gasteiger partial charge in [0.2, 0.25) is 4.96 Å². The zero-order valence-electron chi connectivity index (χ0n) is 13.7. The van der Waals surface area contributed by atoms with E-state index in [4.69, 9.17) is 4.74 Å². The van der Waals surface area contributed by atoms with Gasteiger partial charge in [0.05, 0.1) is 18.5 Å². The van der Waals surface area contributed by atoms with Gasteiger partial charge in [0, 0.05) is 5.56 Å². The highest BCUT2D eigenvalue weighted by atomic mass is 32.1. The molecule has 0 unspecified atom stereocenters. The Bertz CT molecular complexity index is 923. The van der Waals surface area contributed by atoms with Crippen LogP contribution in [-0.2, 0) is 5.41 Å². The summed E-state index contributed by atoms with van der Waals surface area (Å²) in [5, 5.41) is 4.45. The van der Waals surface area contributed by atoms with Gasteiger partial charge in [-0.3, -0.25) is 0 Å². The third-order valence-corrected chi connectivity index (χ3v) is 6.01. The number of rotatable bonds is 3. The van der Waals surface area contributed by atoms with Crippen LogP contribution in [0, 0.1) is 6.92 Å². The summed E-state index contributed by atoms with van der Waals surface area (Å²) in [6.45, 7) is 1.84. The zero-order valence-corrected chi connectivity index (χ0v) is 14.5. The monoisotopic (exact) mass is 367 g/mol. The molecule has 4 nitrogen and oxygen atoms in total. The number of nitrogens with zero attached hydrogens (tertiary/aromatic N) is 3. The summed E-state index contributed by atoms with van der Waals surface area (Å²) in [5.41, 5.74) is 0.503. The molecule has 1 fully saturated rings. The number of hydrogen-bond acceptors (Lipinski definition) is 4. The van der Waals surface area contributed by atoms with Gasteiger partial charge in [-0.2, -0.15) is 18.3 Å². The fraction of sp³-hybridized carbons (Fsp3) is 0.412. The average molecular weight is 367 g/mol. The third kappa shape index (κ3) is 2.34. The van der Waals surface area contributed by atoms with Crippen molar-refractivity contribution in [1.29, 1.82) is 0 Å². The molecule has 1 aliphatic rings. The number of ether oxygens (including phenoxy) is 1. The number of hydrogen-bond donors (Lipinski definition) is 0. The van der Waals surface area contributed by atoms with Gasteiger partial charge in [0.25, 0.3) is 0 Å². The van der Waals surface area contributed by atoms with E-state index in [1.165, 1.54) is 0 Å². The molecule has 1 saturated carbocycles. The van der Waals surface area contributed by atoms with E-state index in [0.29, 0.717) is 17.1 Å². The van der Waals surface area contributed by atoms with Crippen molar-refractivity contribution >= 4 is 16.3 Å². The average Bonchev–Trinajstić information content (AvgIpc) is 3.01. The van der Waals surface area contributed by atoms with E-state index in [2.05, 4.69) is 10.1 Å². The number of alkyl halides is 3. The van der Waals surface area contributed by atoms with Crippen LogP contribution in [0.3, 0.4) is 0 Å². The van der Waals surface area contributed by atoms with Crippen LogP contribution >= 0.6 is 11.3 Å². The highest BCUT2D eigenvalue weighted by Crippen LogP contribution is 2.55. The SMILES string of the molecule is COc1ccc(-c2c(C)nc3sc(C4(C(F)(F)F)CCC4)nn23)cc1. The Morgan fingerprint density at radius 2 is 1.88 bits per heavy atom. The summed E-state index contributed by atoms with van der Waals surface area (Å²) in [6.07, 6.45) is -3.50. The number of imidazole rings is 1. The summed E-state index contributed by atoms with van der Waals surface area (Å²) in [7, 11) is 1.58. The second-order valence-corrected chi connectivity index (χ2v) is 7.27. The predicted molar refractivity (Wildman–Crippen MR) is 89.2 cm³/mol. The van der Waals surface area contributed by atoms with Crippen molar-refractivity contribution in [3.63, 3.8) is 0 Å². The number of benzene rings is 1. The first-order chi connectivity index (χ1) is 11.9. The van der Waals surface area contributed by atoms with Crippen molar-refractivity contribution in [1.82, 2.24) is 14.6 Å². The van der Waals surface area contributed by atoms with Crippen molar-refractivity contribution in [3.8, 4) is 17.0 Å². The van der Waals surface area contributed by atoms with Crippen LogP contribution in [0.1, 0.15) is 30.0 Å². The van der Waals surface area contributed by atoms with Crippen molar-refractivity contribution in [2.24, 2.45) is 0 Å². The first kappa shape index (κ1) is 16.4. The molecular formula is C17H16F3N3OS. The molecule has 1 aliphatic carbocycles. The van der Waals surface area contributed by atoms with Gasteiger partial charge in [0.1, 0.15) is 16.2 Å². The number of methoxy groups -OCH3 is 1. The van der Waals surface area contributed by atoms with Gasteiger partial charge in [-0.1, -0.05) is 17.8 Å². The molecule has 1 aromatic carbocycles. The van der Waals surface area contributed by atoms with Gasteiger partial charge in [-0.15, -0.1) is 0 Å². The van der Waals surface area contributed by atoms with Crippen molar-refractivity contribution in [2.45, 2.75) is 37.8 Å². The molecule has 0 N–H and O–H groups in total. The lowest BCUT2D eigenvalue weighted by Gasteiger charge is -2.40. The number of halogens is 3. The minimum absolute atomic E-state index is 0.101. The summed E-state index contributed by atoms with van der Waals surface area (Å²) < 4.78 is 47.5. The fourth-order valence-corrected chi connectivity index (χ4v) is 4.48. The molecule has 0 saturated heterocycles. The Morgan fingerprint density at radius 3 is 2.40 bits per heavy atom. The fourth-order valence-electron chi connectivity index (χ4n) is 3.27. The van der Waals surface area contributed by atoms with E-state index >= 15 is 0 Å². The van der Waals surface area contributed by atoms with Crippen LogP contribution in [0.2, 0.25) is 0 Å². The lowest BCUT2D eigenvalue weighted by molar-refractivity contribution is -0.213. The van der Waals surface area contributed by atoms with Crippen molar-refractivity contribution < 1.29 is 17.9 Å². The molecule has 3 aromatic rings. The smallest absolute Gasteiger partial charge is 0.400 e. The minimum Gasteiger partial charge on any atom is -0.497 e. The maximum atomic E-state index is 13.6. The molecule has 2 heterocycles. The molecule has 0 aliphatic heterocycles. The highest BCUT2D eigenvalue weighted by Gasteiger charge is 2.61. The van der Waals surface area contributed by atoms with Crippen LogP contribution in [0.15, 0.2) is 24.3 Å². The number of aromatic nitrogens is 3. The van der Waals surface area contributed by atoms with Crippen LogP contribution in [0.25, 0.3) is 16.2 Å². The Hall–Kier alpha value is -2.09. The first-order valence-electron chi connectivity index (χ1n) is 7.93. The zero-order chi connectivity index (χ0) is 17.8.